The average Bonchev–Trinajstić information content (AvgIpc) is 3.07. The molecular weight excluding hydrogens is 276 g/mol. The lowest BCUT2D eigenvalue weighted by atomic mass is 9.87. The summed E-state index contributed by atoms with van der Waals surface area (Å²) < 4.78 is 5.80. The number of amides is 1. The summed E-state index contributed by atoms with van der Waals surface area (Å²) in [5.74, 6) is 0.373. The Bertz CT molecular complexity index is 381. The third-order valence-corrected chi connectivity index (χ3v) is 5.93. The summed E-state index contributed by atoms with van der Waals surface area (Å²) in [6.07, 6.45) is 10.5. The average molecular weight is 308 g/mol. The number of nitrogens with zero attached hydrogens (tertiary/aromatic N) is 2. The molecule has 1 spiro atoms. The van der Waals surface area contributed by atoms with Gasteiger partial charge in [-0.3, -0.25) is 4.79 Å². The van der Waals surface area contributed by atoms with Gasteiger partial charge in [0, 0.05) is 31.7 Å². The monoisotopic (exact) mass is 308 g/mol. The Balaban J connectivity index is 1.63. The normalized spacial score (nSPS) is 33.8. The fraction of sp³-hybridized carbons (Fsp3) is 0.944. The Morgan fingerprint density at radius 3 is 2.91 bits per heavy atom. The summed E-state index contributed by atoms with van der Waals surface area (Å²) in [5.41, 5.74) is 0.143. The van der Waals surface area contributed by atoms with Crippen LogP contribution in [0, 0.1) is 0 Å². The topological polar surface area (TPSA) is 32.8 Å². The summed E-state index contributed by atoms with van der Waals surface area (Å²) in [7, 11) is 0. The van der Waals surface area contributed by atoms with Gasteiger partial charge in [0.15, 0.2) is 0 Å². The van der Waals surface area contributed by atoms with Gasteiger partial charge in [-0.05, 0) is 58.0 Å². The highest BCUT2D eigenvalue weighted by atomic mass is 16.5. The summed E-state index contributed by atoms with van der Waals surface area (Å²) in [6.45, 7) is 7.59. The van der Waals surface area contributed by atoms with Crippen molar-refractivity contribution in [3.63, 3.8) is 0 Å². The Hall–Kier alpha value is -0.610. The number of likely N-dealkylation sites (tertiary alicyclic amines) is 2. The van der Waals surface area contributed by atoms with E-state index in [-0.39, 0.29) is 5.54 Å². The third-order valence-electron chi connectivity index (χ3n) is 5.93. The lowest BCUT2D eigenvalue weighted by Crippen LogP contribution is -2.49. The van der Waals surface area contributed by atoms with Gasteiger partial charge in [-0.2, -0.15) is 0 Å². The minimum Gasteiger partial charge on any atom is -0.376 e. The molecular formula is C18H32N2O2. The highest BCUT2D eigenvalue weighted by molar-refractivity contribution is 5.79. The van der Waals surface area contributed by atoms with Gasteiger partial charge in [0.25, 0.3) is 0 Å². The van der Waals surface area contributed by atoms with Crippen LogP contribution in [0.1, 0.15) is 64.7 Å². The number of rotatable bonds is 5. The number of carbonyl (C=O) groups excluding carboxylic acids is 1. The van der Waals surface area contributed by atoms with Gasteiger partial charge < -0.3 is 14.5 Å². The SMILES string of the molecule is CCCCN1CCC[C@]2(CCC(=O)N2C[C@@H]2CCCO2)CC1. The van der Waals surface area contributed by atoms with Crippen molar-refractivity contribution in [2.75, 3.05) is 32.8 Å². The van der Waals surface area contributed by atoms with Crippen molar-refractivity contribution in [3.8, 4) is 0 Å². The van der Waals surface area contributed by atoms with Crippen molar-refractivity contribution in [1.29, 1.82) is 0 Å². The molecule has 3 aliphatic rings. The van der Waals surface area contributed by atoms with Gasteiger partial charge in [-0.15, -0.1) is 0 Å². The van der Waals surface area contributed by atoms with Crippen LogP contribution in [0.15, 0.2) is 0 Å². The van der Waals surface area contributed by atoms with Crippen LogP contribution in [0.2, 0.25) is 0 Å². The van der Waals surface area contributed by atoms with Crippen molar-refractivity contribution >= 4 is 5.91 Å². The molecule has 0 aromatic heterocycles. The smallest absolute Gasteiger partial charge is 0.223 e. The molecule has 0 bridgehead atoms. The Labute approximate surface area is 135 Å². The van der Waals surface area contributed by atoms with E-state index in [2.05, 4.69) is 16.7 Å². The Kier molecular flexibility index (Phi) is 5.40. The van der Waals surface area contributed by atoms with E-state index < -0.39 is 0 Å². The molecule has 0 aromatic carbocycles. The zero-order valence-electron chi connectivity index (χ0n) is 14.2. The standard InChI is InChI=1S/C18H32N2O2/c1-2-3-11-19-12-5-8-18(10-13-19)9-7-17(21)20(18)15-16-6-4-14-22-16/h16H,2-15H2,1H3/t16-,18-/m0/s1. The highest BCUT2D eigenvalue weighted by Crippen LogP contribution is 2.39. The van der Waals surface area contributed by atoms with Crippen LogP contribution in [-0.2, 0) is 9.53 Å². The summed E-state index contributed by atoms with van der Waals surface area (Å²) >= 11 is 0. The minimum absolute atomic E-state index is 0.143. The van der Waals surface area contributed by atoms with Crippen molar-refractivity contribution in [3.05, 3.63) is 0 Å². The van der Waals surface area contributed by atoms with Crippen LogP contribution in [-0.4, -0.2) is 60.1 Å². The van der Waals surface area contributed by atoms with Crippen LogP contribution in [0.4, 0.5) is 0 Å². The predicted molar refractivity (Wildman–Crippen MR) is 87.9 cm³/mol. The van der Waals surface area contributed by atoms with Crippen molar-refractivity contribution < 1.29 is 9.53 Å². The van der Waals surface area contributed by atoms with Gasteiger partial charge >= 0.3 is 0 Å². The van der Waals surface area contributed by atoms with Gasteiger partial charge in [0.1, 0.15) is 0 Å². The minimum atomic E-state index is 0.143. The van der Waals surface area contributed by atoms with Crippen molar-refractivity contribution in [2.45, 2.75) is 76.4 Å². The molecule has 4 heteroatoms. The van der Waals surface area contributed by atoms with E-state index in [1.54, 1.807) is 0 Å². The second kappa shape index (κ2) is 7.31. The highest BCUT2D eigenvalue weighted by Gasteiger charge is 2.46. The van der Waals surface area contributed by atoms with E-state index in [1.807, 2.05) is 0 Å². The van der Waals surface area contributed by atoms with E-state index in [0.29, 0.717) is 12.0 Å². The molecule has 22 heavy (non-hydrogen) atoms. The van der Waals surface area contributed by atoms with Gasteiger partial charge in [0.05, 0.1) is 6.10 Å². The molecule has 2 atom stereocenters. The maximum absolute atomic E-state index is 12.5. The third kappa shape index (κ3) is 3.48. The molecule has 3 rings (SSSR count). The largest absolute Gasteiger partial charge is 0.376 e. The molecule has 0 unspecified atom stereocenters. The maximum atomic E-state index is 12.5. The lowest BCUT2D eigenvalue weighted by Gasteiger charge is -2.39. The second-order valence-electron chi connectivity index (χ2n) is 7.41. The second-order valence-corrected chi connectivity index (χ2v) is 7.41. The molecule has 3 heterocycles. The van der Waals surface area contributed by atoms with E-state index >= 15 is 0 Å². The summed E-state index contributed by atoms with van der Waals surface area (Å²) in [6, 6.07) is 0. The van der Waals surface area contributed by atoms with Crippen molar-refractivity contribution in [2.24, 2.45) is 0 Å². The molecule has 1 amide bonds. The van der Waals surface area contributed by atoms with Crippen LogP contribution in [0.25, 0.3) is 0 Å². The number of unbranched alkanes of at least 4 members (excludes halogenated alkanes) is 1. The predicted octanol–water partition coefficient (Wildman–Crippen LogP) is 2.81. The first-order valence-electron chi connectivity index (χ1n) is 9.38. The molecule has 4 nitrogen and oxygen atoms in total. The number of hydrogen-bond acceptors (Lipinski definition) is 3. The van der Waals surface area contributed by atoms with E-state index in [1.165, 1.54) is 38.8 Å². The van der Waals surface area contributed by atoms with Crippen molar-refractivity contribution in [1.82, 2.24) is 9.80 Å². The number of ether oxygens (including phenoxy) is 1. The van der Waals surface area contributed by atoms with Crippen LogP contribution >= 0.6 is 0 Å². The van der Waals surface area contributed by atoms with E-state index in [0.717, 1.165) is 51.8 Å². The van der Waals surface area contributed by atoms with Crippen LogP contribution in [0.5, 0.6) is 0 Å². The van der Waals surface area contributed by atoms with Gasteiger partial charge in [-0.25, -0.2) is 0 Å². The molecule has 0 saturated carbocycles. The first kappa shape index (κ1) is 16.3. The molecule has 126 valence electrons. The molecule has 0 radical (unpaired) electrons. The van der Waals surface area contributed by atoms with E-state index in [9.17, 15) is 4.79 Å². The quantitative estimate of drug-likeness (QED) is 0.783. The molecule has 3 aliphatic heterocycles. The fourth-order valence-electron chi connectivity index (χ4n) is 4.52. The van der Waals surface area contributed by atoms with E-state index in [4.69, 9.17) is 4.74 Å². The Morgan fingerprint density at radius 2 is 2.14 bits per heavy atom. The first-order chi connectivity index (χ1) is 10.7. The van der Waals surface area contributed by atoms with Crippen LogP contribution in [0.3, 0.4) is 0 Å². The first-order valence-corrected chi connectivity index (χ1v) is 9.38. The lowest BCUT2D eigenvalue weighted by molar-refractivity contribution is -0.133. The number of carbonyl (C=O) groups is 1. The zero-order chi connectivity index (χ0) is 15.4. The maximum Gasteiger partial charge on any atom is 0.223 e. The van der Waals surface area contributed by atoms with Gasteiger partial charge in [-0.1, -0.05) is 13.3 Å². The zero-order valence-corrected chi connectivity index (χ0v) is 14.2. The fourth-order valence-corrected chi connectivity index (χ4v) is 4.52. The molecule has 0 N–H and O–H groups in total. The van der Waals surface area contributed by atoms with Crippen LogP contribution < -0.4 is 0 Å². The molecule has 0 aliphatic carbocycles. The summed E-state index contributed by atoms with van der Waals surface area (Å²) in [5, 5.41) is 0. The van der Waals surface area contributed by atoms with Gasteiger partial charge in [0.2, 0.25) is 5.91 Å². The molecule has 0 aromatic rings. The number of hydrogen-bond donors (Lipinski definition) is 0. The Morgan fingerprint density at radius 1 is 1.23 bits per heavy atom. The summed E-state index contributed by atoms with van der Waals surface area (Å²) in [4.78, 5) is 17.3. The molecule has 3 saturated heterocycles. The molecule has 3 fully saturated rings.